The molecule has 1 aromatic heterocycles. The Kier molecular flexibility index (Phi) is 6.28. The molecule has 0 aliphatic carbocycles. The highest BCUT2D eigenvalue weighted by Gasteiger charge is 2.18. The normalized spacial score (nSPS) is 10.9. The second kappa shape index (κ2) is 8.86. The molecule has 2 aromatic carbocycles. The lowest BCUT2D eigenvalue weighted by Crippen LogP contribution is -2.17. The van der Waals surface area contributed by atoms with Gasteiger partial charge in [-0.05, 0) is 55.0 Å². The van der Waals surface area contributed by atoms with Gasteiger partial charge in [0.2, 0.25) is 0 Å². The van der Waals surface area contributed by atoms with Crippen LogP contribution in [0.5, 0.6) is 11.5 Å². The van der Waals surface area contributed by atoms with Gasteiger partial charge in [0, 0.05) is 5.02 Å². The number of aryl methyl sites for hydroxylation is 1. The van der Waals surface area contributed by atoms with Crippen LogP contribution in [-0.4, -0.2) is 31.3 Å². The fourth-order valence-electron chi connectivity index (χ4n) is 2.47. The molecule has 6 nitrogen and oxygen atoms in total. The molecule has 28 heavy (non-hydrogen) atoms. The van der Waals surface area contributed by atoms with Crippen LogP contribution in [0.15, 0.2) is 47.6 Å². The summed E-state index contributed by atoms with van der Waals surface area (Å²) in [6.07, 6.45) is 1.57. The molecule has 3 aromatic rings. The fourth-order valence-corrected chi connectivity index (χ4v) is 3.62. The molecule has 0 aliphatic heterocycles. The number of methoxy groups -OCH3 is 2. The number of rotatable bonds is 6. The van der Waals surface area contributed by atoms with Gasteiger partial charge in [0.25, 0.3) is 5.91 Å². The third-order valence-corrected chi connectivity index (χ3v) is 5.32. The highest BCUT2D eigenvalue weighted by atomic mass is 35.5. The number of hydrogen-bond acceptors (Lipinski definition) is 6. The number of nitrogens with one attached hydrogen (secondary N) is 1. The molecule has 0 aliphatic rings. The van der Waals surface area contributed by atoms with E-state index >= 15 is 0 Å². The number of carbonyl (C=O) groups excluding carboxylic acids is 1. The summed E-state index contributed by atoms with van der Waals surface area (Å²) in [6, 6.07) is 12.6. The molecule has 0 bridgehead atoms. The third-order valence-electron chi connectivity index (χ3n) is 3.89. The number of halogens is 1. The number of amides is 1. The summed E-state index contributed by atoms with van der Waals surface area (Å²) >= 11 is 7.28. The zero-order chi connectivity index (χ0) is 20.1. The maximum atomic E-state index is 12.5. The minimum absolute atomic E-state index is 0.320. The van der Waals surface area contributed by atoms with Crippen LogP contribution in [0.1, 0.15) is 20.9 Å². The number of nitrogens with zero attached hydrogens (tertiary/aromatic N) is 2. The number of ether oxygens (including phenoxy) is 2. The first-order chi connectivity index (χ1) is 13.5. The summed E-state index contributed by atoms with van der Waals surface area (Å²) in [7, 11) is 3.17. The van der Waals surface area contributed by atoms with E-state index < -0.39 is 0 Å². The topological polar surface area (TPSA) is 72.8 Å². The molecule has 0 radical (unpaired) electrons. The van der Waals surface area contributed by atoms with Crippen LogP contribution in [0.3, 0.4) is 0 Å². The molecule has 144 valence electrons. The summed E-state index contributed by atoms with van der Waals surface area (Å²) in [4.78, 5) is 17.5. The monoisotopic (exact) mass is 415 g/mol. The van der Waals surface area contributed by atoms with Crippen LogP contribution in [-0.2, 0) is 0 Å². The Labute approximate surface area is 171 Å². The average molecular weight is 416 g/mol. The zero-order valence-corrected chi connectivity index (χ0v) is 17.1. The molecule has 0 unspecified atom stereocenters. The molecule has 0 saturated carbocycles. The number of hydrazone groups is 1. The van der Waals surface area contributed by atoms with Crippen molar-refractivity contribution in [3.8, 4) is 22.1 Å². The van der Waals surface area contributed by atoms with Crippen LogP contribution in [0.25, 0.3) is 10.6 Å². The maximum Gasteiger partial charge on any atom is 0.283 e. The first-order valence-electron chi connectivity index (χ1n) is 8.30. The molecule has 1 N–H and O–H groups in total. The van der Waals surface area contributed by atoms with Crippen molar-refractivity contribution in [2.75, 3.05) is 14.2 Å². The van der Waals surface area contributed by atoms with E-state index in [0.29, 0.717) is 26.4 Å². The van der Waals surface area contributed by atoms with Crippen molar-refractivity contribution in [2.45, 2.75) is 6.92 Å². The molecule has 8 heteroatoms. The van der Waals surface area contributed by atoms with Crippen LogP contribution < -0.4 is 14.9 Å². The van der Waals surface area contributed by atoms with Crippen molar-refractivity contribution in [2.24, 2.45) is 5.10 Å². The minimum Gasteiger partial charge on any atom is -0.497 e. The van der Waals surface area contributed by atoms with Crippen molar-refractivity contribution in [1.82, 2.24) is 10.4 Å². The predicted octanol–water partition coefficient (Wildman–Crippen LogP) is 4.55. The van der Waals surface area contributed by atoms with Crippen molar-refractivity contribution >= 4 is 35.1 Å². The van der Waals surface area contributed by atoms with Gasteiger partial charge in [-0.1, -0.05) is 11.6 Å². The van der Waals surface area contributed by atoms with Crippen LogP contribution >= 0.6 is 22.9 Å². The minimum atomic E-state index is -0.320. The average Bonchev–Trinajstić information content (AvgIpc) is 3.09. The summed E-state index contributed by atoms with van der Waals surface area (Å²) in [5.74, 6) is 1.04. The van der Waals surface area contributed by atoms with Crippen molar-refractivity contribution < 1.29 is 14.3 Å². The number of benzene rings is 2. The van der Waals surface area contributed by atoms with E-state index in [1.807, 2.05) is 30.3 Å². The Hall–Kier alpha value is -2.90. The van der Waals surface area contributed by atoms with Gasteiger partial charge in [-0.2, -0.15) is 5.10 Å². The Balaban J connectivity index is 1.75. The van der Waals surface area contributed by atoms with Gasteiger partial charge in [0.15, 0.2) is 0 Å². The lowest BCUT2D eigenvalue weighted by atomic mass is 10.2. The van der Waals surface area contributed by atoms with Gasteiger partial charge in [-0.15, -0.1) is 11.3 Å². The Morgan fingerprint density at radius 2 is 1.93 bits per heavy atom. The number of hydrogen-bond donors (Lipinski definition) is 1. The van der Waals surface area contributed by atoms with Gasteiger partial charge < -0.3 is 9.47 Å². The maximum absolute atomic E-state index is 12.5. The van der Waals surface area contributed by atoms with Gasteiger partial charge >= 0.3 is 0 Å². The van der Waals surface area contributed by atoms with Gasteiger partial charge in [0.05, 0.1) is 31.7 Å². The second-order valence-electron chi connectivity index (χ2n) is 5.75. The Morgan fingerprint density at radius 3 is 2.61 bits per heavy atom. The summed E-state index contributed by atoms with van der Waals surface area (Å²) in [5, 5.41) is 5.26. The van der Waals surface area contributed by atoms with Crippen LogP contribution in [0, 0.1) is 6.92 Å². The zero-order valence-electron chi connectivity index (χ0n) is 15.5. The number of thiazole rings is 1. The molecule has 1 amide bonds. The Bertz CT molecular complexity index is 1020. The predicted molar refractivity (Wildman–Crippen MR) is 112 cm³/mol. The van der Waals surface area contributed by atoms with E-state index in [-0.39, 0.29) is 5.91 Å². The highest BCUT2D eigenvalue weighted by molar-refractivity contribution is 7.17. The largest absolute Gasteiger partial charge is 0.497 e. The Morgan fingerprint density at radius 1 is 1.18 bits per heavy atom. The third kappa shape index (κ3) is 4.49. The van der Waals surface area contributed by atoms with E-state index in [9.17, 15) is 4.79 Å². The standard InChI is InChI=1S/C20H18ClN3O3S/c1-12-18(19(25)24-22-11-13-4-7-15(26-2)8-5-13)28-20(23-12)16-9-6-14(21)10-17(16)27-3/h4-11H,1-3H3,(H,24,25)/b22-11+. The smallest absolute Gasteiger partial charge is 0.283 e. The van der Waals surface area contributed by atoms with E-state index in [1.54, 1.807) is 39.5 Å². The lowest BCUT2D eigenvalue weighted by Gasteiger charge is -2.05. The molecular weight excluding hydrogens is 398 g/mol. The number of carbonyl (C=O) groups is 1. The second-order valence-corrected chi connectivity index (χ2v) is 7.19. The van der Waals surface area contributed by atoms with Crippen molar-refractivity contribution in [3.05, 3.63) is 63.6 Å². The SMILES string of the molecule is COc1ccc(/C=N/NC(=O)c2sc(-c3ccc(Cl)cc3OC)nc2C)cc1. The van der Waals surface area contributed by atoms with E-state index in [1.165, 1.54) is 11.3 Å². The van der Waals surface area contributed by atoms with Gasteiger partial charge in [-0.3, -0.25) is 4.79 Å². The van der Waals surface area contributed by atoms with Gasteiger partial charge in [0.1, 0.15) is 21.4 Å². The van der Waals surface area contributed by atoms with Crippen molar-refractivity contribution in [1.29, 1.82) is 0 Å². The molecule has 0 spiro atoms. The van der Waals surface area contributed by atoms with Crippen molar-refractivity contribution in [3.63, 3.8) is 0 Å². The van der Waals surface area contributed by atoms with Gasteiger partial charge in [-0.25, -0.2) is 10.4 Å². The first kappa shape index (κ1) is 19.9. The molecule has 1 heterocycles. The molecule has 0 saturated heterocycles. The molecule has 3 rings (SSSR count). The van der Waals surface area contributed by atoms with E-state index in [4.69, 9.17) is 21.1 Å². The number of aromatic nitrogens is 1. The first-order valence-corrected chi connectivity index (χ1v) is 9.50. The lowest BCUT2D eigenvalue weighted by molar-refractivity contribution is 0.0958. The fraction of sp³-hybridized carbons (Fsp3) is 0.150. The molecular formula is C20H18ClN3O3S. The summed E-state index contributed by atoms with van der Waals surface area (Å²) < 4.78 is 10.5. The summed E-state index contributed by atoms with van der Waals surface area (Å²) in [6.45, 7) is 1.78. The van der Waals surface area contributed by atoms with E-state index in [0.717, 1.165) is 16.9 Å². The quantitative estimate of drug-likeness (QED) is 0.473. The molecule has 0 fully saturated rings. The van der Waals surface area contributed by atoms with Crippen LogP contribution in [0.2, 0.25) is 5.02 Å². The summed E-state index contributed by atoms with van der Waals surface area (Å²) in [5.41, 5.74) is 4.78. The molecule has 0 atom stereocenters. The highest BCUT2D eigenvalue weighted by Crippen LogP contribution is 2.36. The van der Waals surface area contributed by atoms with E-state index in [2.05, 4.69) is 15.5 Å². The van der Waals surface area contributed by atoms with Crippen LogP contribution in [0.4, 0.5) is 0 Å².